The molecular weight excluding hydrogens is 224 g/mol. The standard InChI is InChI=1S/C14H20N4/c1-5-13(15)14-7-6-12(8-16-14)18-11(4)9(2)10(3)17-18/h6-8,13H,5,15H2,1-4H3. The summed E-state index contributed by atoms with van der Waals surface area (Å²) < 4.78 is 1.93. The van der Waals surface area contributed by atoms with Gasteiger partial charge < -0.3 is 5.73 Å². The molecule has 0 aliphatic carbocycles. The first-order valence-corrected chi connectivity index (χ1v) is 6.29. The van der Waals surface area contributed by atoms with Crippen LogP contribution in [0, 0.1) is 20.8 Å². The quantitative estimate of drug-likeness (QED) is 0.903. The fourth-order valence-corrected chi connectivity index (χ4v) is 1.92. The largest absolute Gasteiger partial charge is 0.323 e. The molecule has 2 aromatic heterocycles. The summed E-state index contributed by atoms with van der Waals surface area (Å²) in [6.07, 6.45) is 2.73. The van der Waals surface area contributed by atoms with Crippen molar-refractivity contribution in [2.45, 2.75) is 40.2 Å². The zero-order chi connectivity index (χ0) is 13.3. The molecule has 0 saturated carbocycles. The molecule has 2 aromatic rings. The van der Waals surface area contributed by atoms with Gasteiger partial charge in [0, 0.05) is 11.7 Å². The third-order valence-corrected chi connectivity index (χ3v) is 3.49. The van der Waals surface area contributed by atoms with E-state index >= 15 is 0 Å². The lowest BCUT2D eigenvalue weighted by Crippen LogP contribution is -2.11. The van der Waals surface area contributed by atoms with Crippen LogP contribution in [-0.4, -0.2) is 14.8 Å². The number of aromatic nitrogens is 3. The van der Waals surface area contributed by atoms with Crippen LogP contribution in [-0.2, 0) is 0 Å². The van der Waals surface area contributed by atoms with Crippen molar-refractivity contribution in [1.29, 1.82) is 0 Å². The number of aryl methyl sites for hydroxylation is 1. The summed E-state index contributed by atoms with van der Waals surface area (Å²) in [4.78, 5) is 4.42. The molecule has 0 radical (unpaired) electrons. The molecule has 2 N–H and O–H groups in total. The van der Waals surface area contributed by atoms with Crippen LogP contribution in [0.1, 0.15) is 42.0 Å². The van der Waals surface area contributed by atoms with Crippen LogP contribution in [0.15, 0.2) is 18.3 Å². The predicted molar refractivity (Wildman–Crippen MR) is 72.8 cm³/mol. The van der Waals surface area contributed by atoms with Crippen LogP contribution < -0.4 is 5.73 Å². The molecular formula is C14H20N4. The number of nitrogens with two attached hydrogens (primary N) is 1. The van der Waals surface area contributed by atoms with Crippen molar-refractivity contribution in [2.75, 3.05) is 0 Å². The summed E-state index contributed by atoms with van der Waals surface area (Å²) in [7, 11) is 0. The van der Waals surface area contributed by atoms with Gasteiger partial charge in [0.1, 0.15) is 0 Å². The molecule has 18 heavy (non-hydrogen) atoms. The molecule has 0 aromatic carbocycles. The maximum absolute atomic E-state index is 5.96. The molecule has 0 spiro atoms. The van der Waals surface area contributed by atoms with Gasteiger partial charge in [-0.05, 0) is 44.9 Å². The fourth-order valence-electron chi connectivity index (χ4n) is 1.92. The zero-order valence-electron chi connectivity index (χ0n) is 11.4. The maximum Gasteiger partial charge on any atom is 0.0832 e. The van der Waals surface area contributed by atoms with Crippen LogP contribution in [0.2, 0.25) is 0 Å². The molecule has 1 unspecified atom stereocenters. The van der Waals surface area contributed by atoms with E-state index in [0.29, 0.717) is 0 Å². The lowest BCUT2D eigenvalue weighted by molar-refractivity contribution is 0.673. The van der Waals surface area contributed by atoms with E-state index in [1.165, 1.54) is 5.56 Å². The van der Waals surface area contributed by atoms with Gasteiger partial charge in [0.2, 0.25) is 0 Å². The minimum atomic E-state index is 0.0150. The minimum absolute atomic E-state index is 0.0150. The van der Waals surface area contributed by atoms with E-state index < -0.39 is 0 Å². The third-order valence-electron chi connectivity index (χ3n) is 3.49. The summed E-state index contributed by atoms with van der Waals surface area (Å²) in [5.41, 5.74) is 11.3. The Hall–Kier alpha value is -1.68. The number of rotatable bonds is 3. The van der Waals surface area contributed by atoms with Gasteiger partial charge >= 0.3 is 0 Å². The van der Waals surface area contributed by atoms with E-state index in [4.69, 9.17) is 5.73 Å². The van der Waals surface area contributed by atoms with Crippen LogP contribution in [0.5, 0.6) is 0 Å². The van der Waals surface area contributed by atoms with Crippen LogP contribution in [0.25, 0.3) is 5.69 Å². The minimum Gasteiger partial charge on any atom is -0.323 e. The molecule has 0 aliphatic rings. The second-order valence-corrected chi connectivity index (χ2v) is 4.66. The first-order valence-electron chi connectivity index (χ1n) is 6.29. The van der Waals surface area contributed by atoms with Crippen molar-refractivity contribution < 1.29 is 0 Å². The summed E-state index contributed by atoms with van der Waals surface area (Å²) in [6, 6.07) is 4.02. The fraction of sp³-hybridized carbons (Fsp3) is 0.429. The topological polar surface area (TPSA) is 56.7 Å². The van der Waals surface area contributed by atoms with Crippen LogP contribution >= 0.6 is 0 Å². The van der Waals surface area contributed by atoms with Gasteiger partial charge in [0.25, 0.3) is 0 Å². The predicted octanol–water partition coefficient (Wildman–Crippen LogP) is 2.60. The summed E-state index contributed by atoms with van der Waals surface area (Å²) in [5.74, 6) is 0. The lowest BCUT2D eigenvalue weighted by Gasteiger charge is -2.09. The van der Waals surface area contributed by atoms with E-state index in [1.54, 1.807) is 0 Å². The molecule has 4 nitrogen and oxygen atoms in total. The van der Waals surface area contributed by atoms with E-state index in [-0.39, 0.29) is 6.04 Å². The highest BCUT2D eigenvalue weighted by atomic mass is 15.3. The highest BCUT2D eigenvalue weighted by molar-refractivity contribution is 5.35. The molecule has 2 heterocycles. The smallest absolute Gasteiger partial charge is 0.0832 e. The van der Waals surface area contributed by atoms with Crippen LogP contribution in [0.3, 0.4) is 0 Å². The van der Waals surface area contributed by atoms with E-state index in [9.17, 15) is 0 Å². The first kappa shape index (κ1) is 12.8. The SMILES string of the molecule is CCC(N)c1ccc(-n2nc(C)c(C)c2C)cn1. The van der Waals surface area contributed by atoms with Crippen molar-refractivity contribution in [3.63, 3.8) is 0 Å². The second kappa shape index (κ2) is 4.90. The Kier molecular flexibility index (Phi) is 3.48. The number of hydrogen-bond acceptors (Lipinski definition) is 3. The Balaban J connectivity index is 2.37. The average Bonchev–Trinajstić information content (AvgIpc) is 2.66. The molecule has 0 fully saturated rings. The van der Waals surface area contributed by atoms with E-state index in [2.05, 4.69) is 30.9 Å². The summed E-state index contributed by atoms with van der Waals surface area (Å²) >= 11 is 0. The van der Waals surface area contributed by atoms with Crippen LogP contribution in [0.4, 0.5) is 0 Å². The van der Waals surface area contributed by atoms with Gasteiger partial charge in [0.05, 0.1) is 23.3 Å². The van der Waals surface area contributed by atoms with Crippen molar-refractivity contribution in [3.8, 4) is 5.69 Å². The van der Waals surface area contributed by atoms with Gasteiger partial charge in [-0.3, -0.25) is 4.98 Å². The monoisotopic (exact) mass is 244 g/mol. The highest BCUT2D eigenvalue weighted by Gasteiger charge is 2.10. The molecule has 0 bridgehead atoms. The Morgan fingerprint density at radius 1 is 1.28 bits per heavy atom. The normalized spacial score (nSPS) is 12.7. The first-order chi connectivity index (χ1) is 8.54. The molecule has 96 valence electrons. The van der Waals surface area contributed by atoms with Crippen molar-refractivity contribution in [1.82, 2.24) is 14.8 Å². The molecule has 1 atom stereocenters. The summed E-state index contributed by atoms with van der Waals surface area (Å²) in [6.45, 7) is 8.24. The summed E-state index contributed by atoms with van der Waals surface area (Å²) in [5, 5.41) is 4.52. The Labute approximate surface area is 108 Å². The Morgan fingerprint density at radius 3 is 2.44 bits per heavy atom. The van der Waals surface area contributed by atoms with Crippen molar-refractivity contribution in [2.24, 2.45) is 5.73 Å². The van der Waals surface area contributed by atoms with E-state index in [1.807, 2.05) is 29.9 Å². The molecule has 0 saturated heterocycles. The highest BCUT2D eigenvalue weighted by Crippen LogP contribution is 2.18. The third kappa shape index (κ3) is 2.16. The van der Waals surface area contributed by atoms with E-state index in [0.717, 1.165) is 29.2 Å². The number of hydrogen-bond donors (Lipinski definition) is 1. The van der Waals surface area contributed by atoms with Gasteiger partial charge in [-0.1, -0.05) is 6.92 Å². The van der Waals surface area contributed by atoms with Crippen molar-refractivity contribution in [3.05, 3.63) is 41.0 Å². The molecule has 4 heteroatoms. The average molecular weight is 244 g/mol. The van der Waals surface area contributed by atoms with Crippen molar-refractivity contribution >= 4 is 0 Å². The second-order valence-electron chi connectivity index (χ2n) is 4.66. The van der Waals surface area contributed by atoms with Gasteiger partial charge in [0.15, 0.2) is 0 Å². The van der Waals surface area contributed by atoms with Gasteiger partial charge in [-0.25, -0.2) is 4.68 Å². The van der Waals surface area contributed by atoms with Gasteiger partial charge in [-0.2, -0.15) is 5.10 Å². The van der Waals surface area contributed by atoms with Gasteiger partial charge in [-0.15, -0.1) is 0 Å². The molecule has 0 aliphatic heterocycles. The Bertz CT molecular complexity index is 540. The zero-order valence-corrected chi connectivity index (χ0v) is 11.4. The lowest BCUT2D eigenvalue weighted by atomic mass is 10.1. The number of nitrogens with zero attached hydrogens (tertiary/aromatic N) is 3. The Morgan fingerprint density at radius 2 is 2.00 bits per heavy atom. The maximum atomic E-state index is 5.96. The molecule has 0 amide bonds. The number of pyridine rings is 1. The molecule has 2 rings (SSSR count).